The molecular weight excluding hydrogens is 398 g/mol. The summed E-state index contributed by atoms with van der Waals surface area (Å²) in [4.78, 5) is 16.2. The highest BCUT2D eigenvalue weighted by Crippen LogP contribution is 2.38. The smallest absolute Gasteiger partial charge is 0.272 e. The van der Waals surface area contributed by atoms with E-state index in [9.17, 15) is 4.79 Å². The largest absolute Gasteiger partial charge is 0.493 e. The molecule has 1 aliphatic heterocycles. The fraction of sp³-hybridized carbons (Fsp3) is 0.304. The van der Waals surface area contributed by atoms with E-state index >= 15 is 0 Å². The van der Waals surface area contributed by atoms with Crippen LogP contribution in [0.3, 0.4) is 0 Å². The monoisotopic (exact) mass is 423 g/mol. The second kappa shape index (κ2) is 8.44. The lowest BCUT2D eigenvalue weighted by atomic mass is 10.0. The molecule has 0 unspecified atom stereocenters. The summed E-state index contributed by atoms with van der Waals surface area (Å²) >= 11 is 1.71. The van der Waals surface area contributed by atoms with Crippen LogP contribution in [-0.2, 0) is 13.6 Å². The van der Waals surface area contributed by atoms with E-state index in [1.807, 2.05) is 24.0 Å². The Bertz CT molecular complexity index is 1080. The van der Waals surface area contributed by atoms with Gasteiger partial charge in [0.15, 0.2) is 11.5 Å². The van der Waals surface area contributed by atoms with Crippen LogP contribution in [0, 0.1) is 6.92 Å². The Hall–Kier alpha value is -2.93. The molecule has 2 heterocycles. The first kappa shape index (κ1) is 20.3. The summed E-state index contributed by atoms with van der Waals surface area (Å²) in [5.41, 5.74) is 4.46. The molecule has 0 fully saturated rings. The zero-order chi connectivity index (χ0) is 21.3. The molecule has 2 aromatic carbocycles. The van der Waals surface area contributed by atoms with Crippen LogP contribution < -0.4 is 9.47 Å². The van der Waals surface area contributed by atoms with E-state index in [1.54, 1.807) is 30.6 Å². The molecule has 0 radical (unpaired) electrons. The first-order valence-electron chi connectivity index (χ1n) is 9.78. The first-order chi connectivity index (χ1) is 14.5. The third kappa shape index (κ3) is 3.89. The Kier molecular flexibility index (Phi) is 5.72. The Morgan fingerprint density at radius 1 is 1.17 bits per heavy atom. The molecule has 3 aromatic rings. The summed E-state index contributed by atoms with van der Waals surface area (Å²) in [5, 5.41) is 4.31. The maximum atomic E-state index is 13.2. The van der Waals surface area contributed by atoms with Gasteiger partial charge in [0.05, 0.1) is 19.3 Å². The number of hydrogen-bond acceptors (Lipinski definition) is 5. The SMILES string of the molecule is COc1cc(-c2ccc(SC)cc2)cc2c1OCCN(C(=O)c1cc(C)nn1C)C2. The zero-order valence-corrected chi connectivity index (χ0v) is 18.5. The van der Waals surface area contributed by atoms with Gasteiger partial charge in [0.2, 0.25) is 0 Å². The van der Waals surface area contributed by atoms with Crippen LogP contribution in [0.5, 0.6) is 11.5 Å². The number of aryl methyl sites for hydroxylation is 2. The van der Waals surface area contributed by atoms with Crippen molar-refractivity contribution in [2.75, 3.05) is 26.5 Å². The van der Waals surface area contributed by atoms with Gasteiger partial charge in [-0.15, -0.1) is 11.8 Å². The number of methoxy groups -OCH3 is 1. The van der Waals surface area contributed by atoms with Crippen LogP contribution in [0.25, 0.3) is 11.1 Å². The van der Waals surface area contributed by atoms with E-state index < -0.39 is 0 Å². The first-order valence-corrected chi connectivity index (χ1v) is 11.0. The third-order valence-corrected chi connectivity index (χ3v) is 6.00. The second-order valence-electron chi connectivity index (χ2n) is 7.26. The molecule has 0 bridgehead atoms. The summed E-state index contributed by atoms with van der Waals surface area (Å²) in [7, 11) is 3.44. The van der Waals surface area contributed by atoms with E-state index in [0.717, 1.165) is 22.4 Å². The highest BCUT2D eigenvalue weighted by atomic mass is 32.2. The molecule has 7 heteroatoms. The maximum Gasteiger partial charge on any atom is 0.272 e. The lowest BCUT2D eigenvalue weighted by molar-refractivity contribution is 0.0722. The number of fused-ring (bicyclic) bond motifs is 1. The van der Waals surface area contributed by atoms with Crippen molar-refractivity contribution in [3.05, 3.63) is 59.4 Å². The summed E-state index contributed by atoms with van der Waals surface area (Å²) in [6.07, 6.45) is 2.06. The predicted molar refractivity (Wildman–Crippen MR) is 118 cm³/mol. The Balaban J connectivity index is 1.70. The number of aromatic nitrogens is 2. The van der Waals surface area contributed by atoms with Gasteiger partial charge in [0.25, 0.3) is 5.91 Å². The third-order valence-electron chi connectivity index (χ3n) is 5.25. The van der Waals surface area contributed by atoms with Gasteiger partial charge in [-0.1, -0.05) is 12.1 Å². The number of carbonyl (C=O) groups is 1. The van der Waals surface area contributed by atoms with E-state index in [-0.39, 0.29) is 5.91 Å². The van der Waals surface area contributed by atoms with Crippen LogP contribution in [0.4, 0.5) is 0 Å². The second-order valence-corrected chi connectivity index (χ2v) is 8.14. The Morgan fingerprint density at radius 3 is 2.57 bits per heavy atom. The molecule has 0 saturated heterocycles. The molecule has 1 amide bonds. The van der Waals surface area contributed by atoms with Crippen LogP contribution in [-0.4, -0.2) is 47.1 Å². The highest BCUT2D eigenvalue weighted by molar-refractivity contribution is 7.98. The van der Waals surface area contributed by atoms with Crippen molar-refractivity contribution in [2.45, 2.75) is 18.4 Å². The molecule has 6 nitrogen and oxygen atoms in total. The summed E-state index contributed by atoms with van der Waals surface area (Å²) in [6, 6.07) is 14.3. The van der Waals surface area contributed by atoms with Crippen LogP contribution in [0.2, 0.25) is 0 Å². The zero-order valence-electron chi connectivity index (χ0n) is 17.6. The molecule has 0 spiro atoms. The number of rotatable bonds is 4. The number of amides is 1. The molecule has 1 aliphatic rings. The van der Waals surface area contributed by atoms with Crippen molar-refractivity contribution in [2.24, 2.45) is 7.05 Å². The molecular formula is C23H25N3O3S. The minimum Gasteiger partial charge on any atom is -0.493 e. The number of benzene rings is 2. The van der Waals surface area contributed by atoms with E-state index in [1.165, 1.54) is 4.90 Å². The van der Waals surface area contributed by atoms with E-state index in [4.69, 9.17) is 9.47 Å². The fourth-order valence-corrected chi connectivity index (χ4v) is 4.14. The molecule has 0 N–H and O–H groups in total. The summed E-state index contributed by atoms with van der Waals surface area (Å²) < 4.78 is 13.3. The Labute approximate surface area is 180 Å². The minimum absolute atomic E-state index is 0.0526. The number of ether oxygens (including phenoxy) is 2. The van der Waals surface area contributed by atoms with Gasteiger partial charge < -0.3 is 14.4 Å². The quantitative estimate of drug-likeness (QED) is 0.590. The molecule has 4 rings (SSSR count). The average molecular weight is 424 g/mol. The number of nitrogens with zero attached hydrogens (tertiary/aromatic N) is 3. The van der Waals surface area contributed by atoms with Crippen molar-refractivity contribution in [1.82, 2.24) is 14.7 Å². The number of thioether (sulfide) groups is 1. The van der Waals surface area contributed by atoms with E-state index in [2.05, 4.69) is 41.7 Å². The summed E-state index contributed by atoms with van der Waals surface area (Å²) in [6.45, 7) is 3.24. The molecule has 0 aliphatic carbocycles. The molecule has 0 saturated carbocycles. The minimum atomic E-state index is -0.0526. The van der Waals surface area contributed by atoms with Crippen molar-refractivity contribution < 1.29 is 14.3 Å². The van der Waals surface area contributed by atoms with Crippen molar-refractivity contribution in [1.29, 1.82) is 0 Å². The molecule has 0 atom stereocenters. The highest BCUT2D eigenvalue weighted by Gasteiger charge is 2.26. The van der Waals surface area contributed by atoms with Crippen molar-refractivity contribution >= 4 is 17.7 Å². The summed E-state index contributed by atoms with van der Waals surface area (Å²) in [5.74, 6) is 1.34. The molecule has 156 valence electrons. The van der Waals surface area contributed by atoms with Crippen molar-refractivity contribution in [3.8, 4) is 22.6 Å². The van der Waals surface area contributed by atoms with Gasteiger partial charge in [-0.2, -0.15) is 5.10 Å². The van der Waals surface area contributed by atoms with Gasteiger partial charge in [0, 0.05) is 24.1 Å². The van der Waals surface area contributed by atoms with Gasteiger partial charge in [-0.05, 0) is 54.6 Å². The molecule has 1 aromatic heterocycles. The van der Waals surface area contributed by atoms with Crippen LogP contribution in [0.1, 0.15) is 21.7 Å². The fourth-order valence-electron chi connectivity index (χ4n) is 3.73. The topological polar surface area (TPSA) is 56.6 Å². The Morgan fingerprint density at radius 2 is 1.93 bits per heavy atom. The van der Waals surface area contributed by atoms with Gasteiger partial charge in [0.1, 0.15) is 12.3 Å². The van der Waals surface area contributed by atoms with Gasteiger partial charge >= 0.3 is 0 Å². The average Bonchev–Trinajstić information content (AvgIpc) is 2.97. The van der Waals surface area contributed by atoms with Crippen LogP contribution >= 0.6 is 11.8 Å². The van der Waals surface area contributed by atoms with E-state index in [0.29, 0.717) is 36.9 Å². The number of carbonyl (C=O) groups excluding carboxylic acids is 1. The predicted octanol–water partition coefficient (Wildman–Crippen LogP) is 4.16. The van der Waals surface area contributed by atoms with Gasteiger partial charge in [-0.25, -0.2) is 0 Å². The van der Waals surface area contributed by atoms with Crippen LogP contribution in [0.15, 0.2) is 47.4 Å². The lowest BCUT2D eigenvalue weighted by Crippen LogP contribution is -2.33. The standard InChI is InChI=1S/C23H25N3O3S/c1-15-11-20(25(2)24-15)23(27)26-9-10-29-22-18(14-26)12-17(13-21(22)28-3)16-5-7-19(30-4)8-6-16/h5-8,11-13H,9-10,14H2,1-4H3. The molecule has 30 heavy (non-hydrogen) atoms. The normalized spacial score (nSPS) is 13.4. The lowest BCUT2D eigenvalue weighted by Gasteiger charge is -2.20. The van der Waals surface area contributed by atoms with Gasteiger partial charge in [-0.3, -0.25) is 9.48 Å². The number of hydrogen-bond donors (Lipinski definition) is 0. The maximum absolute atomic E-state index is 13.2. The van der Waals surface area contributed by atoms with Crippen molar-refractivity contribution in [3.63, 3.8) is 0 Å².